The highest BCUT2D eigenvalue weighted by atomic mass is 16.2. The molecule has 6 heteroatoms. The monoisotopic (exact) mass is 456 g/mol. The SMILES string of the molecule is C=C/C=C(\C=C)CNC(=O)NC12CCC(C(=O)CC3c4ccccc4-c4cncn43)(CC1)CC2. The fourth-order valence-corrected chi connectivity index (χ4v) is 6.14. The fourth-order valence-electron chi connectivity index (χ4n) is 6.14. The summed E-state index contributed by atoms with van der Waals surface area (Å²) in [6.07, 6.45) is 14.5. The van der Waals surface area contributed by atoms with Crippen LogP contribution in [0.5, 0.6) is 0 Å². The number of aromatic nitrogens is 2. The number of Topliss-reactive ketones (excluding diaryl/α,β-unsaturated/α-hetero) is 1. The lowest BCUT2D eigenvalue weighted by Gasteiger charge is -2.53. The zero-order valence-corrected chi connectivity index (χ0v) is 19.6. The van der Waals surface area contributed by atoms with Gasteiger partial charge in [0.15, 0.2) is 0 Å². The second kappa shape index (κ2) is 8.75. The predicted octanol–water partition coefficient (Wildman–Crippen LogP) is 5.10. The predicted molar refractivity (Wildman–Crippen MR) is 133 cm³/mol. The van der Waals surface area contributed by atoms with Gasteiger partial charge in [-0.3, -0.25) is 4.79 Å². The quantitative estimate of drug-likeness (QED) is 0.543. The summed E-state index contributed by atoms with van der Waals surface area (Å²) in [5.74, 6) is 0.358. The second-order valence-electron chi connectivity index (χ2n) is 9.97. The minimum Gasteiger partial charge on any atom is -0.334 e. The van der Waals surface area contributed by atoms with Crippen molar-refractivity contribution in [2.45, 2.75) is 56.5 Å². The van der Waals surface area contributed by atoms with E-state index in [-0.39, 0.29) is 23.0 Å². The van der Waals surface area contributed by atoms with Crippen molar-refractivity contribution in [1.82, 2.24) is 20.2 Å². The lowest BCUT2D eigenvalue weighted by Crippen LogP contribution is -2.60. The molecule has 6 rings (SSSR count). The maximum atomic E-state index is 13.7. The Bertz CT molecular complexity index is 1150. The molecule has 0 spiro atoms. The van der Waals surface area contributed by atoms with Crippen molar-refractivity contribution in [3.8, 4) is 11.3 Å². The number of imidazole rings is 1. The molecule has 1 atom stereocenters. The number of rotatable bonds is 8. The summed E-state index contributed by atoms with van der Waals surface area (Å²) < 4.78 is 2.15. The van der Waals surface area contributed by atoms with Gasteiger partial charge < -0.3 is 15.2 Å². The Hall–Kier alpha value is -3.41. The van der Waals surface area contributed by atoms with Gasteiger partial charge in [-0.1, -0.05) is 55.7 Å². The van der Waals surface area contributed by atoms with E-state index >= 15 is 0 Å². The molecular weight excluding hydrogens is 424 g/mol. The molecule has 2 aromatic rings. The molecule has 3 fully saturated rings. The average molecular weight is 457 g/mol. The van der Waals surface area contributed by atoms with E-state index in [1.807, 2.05) is 30.7 Å². The second-order valence-corrected chi connectivity index (χ2v) is 9.97. The summed E-state index contributed by atoms with van der Waals surface area (Å²) >= 11 is 0. The van der Waals surface area contributed by atoms with Crippen LogP contribution in [-0.4, -0.2) is 33.4 Å². The van der Waals surface area contributed by atoms with E-state index in [4.69, 9.17) is 0 Å². The van der Waals surface area contributed by atoms with Gasteiger partial charge >= 0.3 is 6.03 Å². The molecule has 1 aromatic heterocycles. The van der Waals surface area contributed by atoms with E-state index < -0.39 is 0 Å². The highest BCUT2D eigenvalue weighted by Gasteiger charge is 2.53. The van der Waals surface area contributed by atoms with Gasteiger partial charge in [0, 0.05) is 29.5 Å². The first kappa shape index (κ1) is 22.4. The van der Waals surface area contributed by atoms with E-state index in [9.17, 15) is 9.59 Å². The molecule has 4 aliphatic rings. The minimum atomic E-state index is -0.263. The molecule has 1 aliphatic heterocycles. The Morgan fingerprint density at radius 2 is 1.85 bits per heavy atom. The average Bonchev–Trinajstić information content (AvgIpc) is 3.45. The zero-order chi connectivity index (χ0) is 23.8. The topological polar surface area (TPSA) is 76.0 Å². The van der Waals surface area contributed by atoms with Crippen molar-refractivity contribution < 1.29 is 9.59 Å². The fraction of sp³-hybridized carbons (Fsp3) is 0.393. The van der Waals surface area contributed by atoms with Crippen LogP contribution in [0.1, 0.15) is 56.6 Å². The number of carbonyl (C=O) groups excluding carboxylic acids is 2. The summed E-state index contributed by atoms with van der Waals surface area (Å²) in [6, 6.07) is 8.20. The number of amides is 2. The van der Waals surface area contributed by atoms with Gasteiger partial charge in [0.1, 0.15) is 5.78 Å². The Morgan fingerprint density at radius 1 is 1.12 bits per heavy atom. The van der Waals surface area contributed by atoms with Crippen LogP contribution in [0.15, 0.2) is 73.7 Å². The van der Waals surface area contributed by atoms with Crippen LogP contribution in [0.3, 0.4) is 0 Å². The number of urea groups is 1. The van der Waals surface area contributed by atoms with E-state index in [0.29, 0.717) is 18.7 Å². The number of allylic oxidation sites excluding steroid dienone is 2. The third-order valence-electron chi connectivity index (χ3n) is 8.24. The molecular formula is C28H32N4O2. The summed E-state index contributed by atoms with van der Waals surface area (Å²) in [4.78, 5) is 30.6. The molecule has 3 saturated carbocycles. The number of benzene rings is 1. The number of nitrogens with one attached hydrogen (secondary N) is 2. The molecule has 2 bridgehead atoms. The zero-order valence-electron chi connectivity index (χ0n) is 19.6. The van der Waals surface area contributed by atoms with E-state index in [0.717, 1.165) is 49.8 Å². The molecule has 1 aromatic carbocycles. The first-order valence-corrected chi connectivity index (χ1v) is 12.1. The Labute approximate surface area is 200 Å². The van der Waals surface area contributed by atoms with E-state index in [1.54, 1.807) is 12.2 Å². The number of nitrogens with zero attached hydrogens (tertiary/aromatic N) is 2. The standard InChI is InChI=1S/C28H32N4O2/c1-3-7-20(4-2)17-30-26(34)31-28-13-10-27(11-14-28,12-15-28)25(33)16-23-21-8-5-6-9-22(21)24-18-29-19-32(23)24/h3-9,18-19,23H,1-2,10-17H2,(H2,30,31,34)/b20-7+. The molecule has 6 nitrogen and oxygen atoms in total. The number of ketones is 1. The maximum absolute atomic E-state index is 13.7. The lowest BCUT2D eigenvalue weighted by molar-refractivity contribution is -0.136. The van der Waals surface area contributed by atoms with Crippen molar-refractivity contribution >= 4 is 11.8 Å². The Kier molecular flexibility index (Phi) is 5.76. The highest BCUT2D eigenvalue weighted by molar-refractivity contribution is 5.87. The van der Waals surface area contributed by atoms with Crippen LogP contribution in [0.4, 0.5) is 4.79 Å². The number of fused-ring (bicyclic) bond motifs is 6. The summed E-state index contributed by atoms with van der Waals surface area (Å²) in [5, 5.41) is 6.16. The highest BCUT2D eigenvalue weighted by Crippen LogP contribution is 2.54. The van der Waals surface area contributed by atoms with Crippen molar-refractivity contribution in [2.24, 2.45) is 5.41 Å². The summed E-state index contributed by atoms with van der Waals surface area (Å²) in [7, 11) is 0. The van der Waals surface area contributed by atoms with Crippen molar-refractivity contribution in [3.63, 3.8) is 0 Å². The molecule has 3 aliphatic carbocycles. The molecule has 2 N–H and O–H groups in total. The third kappa shape index (κ3) is 3.81. The first-order chi connectivity index (χ1) is 16.5. The van der Waals surface area contributed by atoms with Gasteiger partial charge in [-0.2, -0.15) is 0 Å². The lowest BCUT2D eigenvalue weighted by atomic mass is 9.55. The van der Waals surface area contributed by atoms with Gasteiger partial charge in [0.05, 0.1) is 24.3 Å². The molecule has 34 heavy (non-hydrogen) atoms. The van der Waals surface area contributed by atoms with Crippen molar-refractivity contribution in [1.29, 1.82) is 0 Å². The molecule has 176 valence electrons. The molecule has 2 amide bonds. The Morgan fingerprint density at radius 3 is 2.56 bits per heavy atom. The number of hydrogen-bond donors (Lipinski definition) is 2. The van der Waals surface area contributed by atoms with Crippen LogP contribution in [-0.2, 0) is 4.79 Å². The smallest absolute Gasteiger partial charge is 0.315 e. The summed E-state index contributed by atoms with van der Waals surface area (Å²) in [6.45, 7) is 7.87. The van der Waals surface area contributed by atoms with Crippen LogP contribution >= 0.6 is 0 Å². The van der Waals surface area contributed by atoms with Gasteiger partial charge in [-0.05, 0) is 49.7 Å². The first-order valence-electron chi connectivity index (χ1n) is 12.1. The number of carbonyl (C=O) groups is 2. The normalized spacial score (nSPS) is 26.9. The van der Waals surface area contributed by atoms with Gasteiger partial charge in [-0.25, -0.2) is 9.78 Å². The summed E-state index contributed by atoms with van der Waals surface area (Å²) in [5.41, 5.74) is 3.93. The largest absolute Gasteiger partial charge is 0.334 e. The van der Waals surface area contributed by atoms with Crippen LogP contribution in [0, 0.1) is 5.41 Å². The molecule has 1 unspecified atom stereocenters. The third-order valence-corrected chi connectivity index (χ3v) is 8.24. The van der Waals surface area contributed by atoms with Crippen LogP contribution in [0.25, 0.3) is 11.3 Å². The van der Waals surface area contributed by atoms with E-state index in [2.05, 4.69) is 45.5 Å². The van der Waals surface area contributed by atoms with Gasteiger partial charge in [-0.15, -0.1) is 0 Å². The van der Waals surface area contributed by atoms with Crippen molar-refractivity contribution in [2.75, 3.05) is 6.54 Å². The van der Waals surface area contributed by atoms with Gasteiger partial charge in [0.2, 0.25) is 0 Å². The minimum absolute atomic E-state index is 0.0239. The van der Waals surface area contributed by atoms with Crippen LogP contribution in [0.2, 0.25) is 0 Å². The number of hydrogen-bond acceptors (Lipinski definition) is 3. The Balaban J connectivity index is 1.22. The molecule has 0 radical (unpaired) electrons. The maximum Gasteiger partial charge on any atom is 0.315 e. The van der Waals surface area contributed by atoms with Gasteiger partial charge in [0.25, 0.3) is 0 Å². The molecule has 2 heterocycles. The van der Waals surface area contributed by atoms with Crippen molar-refractivity contribution in [3.05, 3.63) is 79.3 Å². The molecule has 0 saturated heterocycles. The van der Waals surface area contributed by atoms with E-state index in [1.165, 1.54) is 11.1 Å². The van der Waals surface area contributed by atoms with Crippen LogP contribution < -0.4 is 10.6 Å².